The average molecular weight is 685 g/mol. The van der Waals surface area contributed by atoms with Gasteiger partial charge in [-0.2, -0.15) is 5.11 Å². The number of hydrogen-bond acceptors (Lipinski definition) is 8. The van der Waals surface area contributed by atoms with Gasteiger partial charge in [0, 0.05) is 55.4 Å². The van der Waals surface area contributed by atoms with Crippen molar-refractivity contribution in [2.24, 2.45) is 10.2 Å². The Morgan fingerprint density at radius 2 is 1.84 bits per heavy atom. The van der Waals surface area contributed by atoms with E-state index in [-0.39, 0.29) is 46.0 Å². The van der Waals surface area contributed by atoms with Crippen molar-refractivity contribution in [2.75, 3.05) is 38.7 Å². The Balaban J connectivity index is 1.15. The summed E-state index contributed by atoms with van der Waals surface area (Å²) in [7, 11) is 3.45. The molecule has 1 aliphatic carbocycles. The molecule has 2 aliphatic rings. The largest absolute Gasteiger partial charge is 0.493 e. The smallest absolute Gasteiger partial charge is 0.308 e. The van der Waals surface area contributed by atoms with Crippen LogP contribution in [0, 0.1) is 11.6 Å². The second-order valence-electron chi connectivity index (χ2n) is 13.1. The average Bonchev–Trinajstić information content (AvgIpc) is 3.92. The molecule has 1 aliphatic heterocycles. The minimum absolute atomic E-state index is 0.0192. The molecule has 1 saturated heterocycles. The zero-order chi connectivity index (χ0) is 35.1. The summed E-state index contributed by atoms with van der Waals surface area (Å²) in [6.07, 6.45) is 4.53. The Labute approximate surface area is 286 Å². The number of likely N-dealkylation sites (N-methyl/N-ethyl adjacent to an activating group) is 1. The number of aliphatic carboxylic acids is 1. The van der Waals surface area contributed by atoms with Crippen LogP contribution >= 0.6 is 0 Å². The number of carbonyl (C=O) groups is 1. The lowest BCUT2D eigenvalue weighted by Gasteiger charge is -2.39. The number of methoxy groups -OCH3 is 1. The molecule has 0 amide bonds. The minimum Gasteiger partial charge on any atom is -0.493 e. The van der Waals surface area contributed by atoms with E-state index in [4.69, 9.17) is 4.74 Å². The van der Waals surface area contributed by atoms with E-state index in [0.717, 1.165) is 25.7 Å². The highest BCUT2D eigenvalue weighted by molar-refractivity contribution is 5.95. The Hall–Kier alpha value is -5.30. The number of aromatic nitrogens is 2. The van der Waals surface area contributed by atoms with Crippen LogP contribution in [-0.2, 0) is 17.8 Å². The number of hydrogen-bond donors (Lipinski definition) is 2. The van der Waals surface area contributed by atoms with E-state index in [0.29, 0.717) is 48.3 Å². The molecule has 2 fully saturated rings. The van der Waals surface area contributed by atoms with Crippen molar-refractivity contribution in [1.82, 2.24) is 14.0 Å². The quantitative estimate of drug-likeness (QED) is 0.145. The maximum Gasteiger partial charge on any atom is 0.308 e. The number of benzene rings is 3. The fraction of sp³-hybridized carbons (Fsp3) is 0.351. The third kappa shape index (κ3) is 6.28. The van der Waals surface area contributed by atoms with Crippen molar-refractivity contribution in [3.05, 3.63) is 88.2 Å². The van der Waals surface area contributed by atoms with E-state index >= 15 is 4.39 Å². The van der Waals surface area contributed by atoms with Gasteiger partial charge in [-0.3, -0.25) is 14.5 Å². The molecule has 1 saturated carbocycles. The Morgan fingerprint density at radius 1 is 1.06 bits per heavy atom. The van der Waals surface area contributed by atoms with Crippen LogP contribution in [0.15, 0.2) is 75.8 Å². The van der Waals surface area contributed by atoms with Gasteiger partial charge in [-0.15, -0.1) is 5.11 Å². The van der Waals surface area contributed by atoms with Gasteiger partial charge in [-0.05, 0) is 69.1 Å². The van der Waals surface area contributed by atoms with E-state index < -0.39 is 29.5 Å². The number of halogens is 2. The van der Waals surface area contributed by atoms with Crippen LogP contribution in [0.4, 0.5) is 25.8 Å². The normalized spacial score (nSPS) is 16.7. The van der Waals surface area contributed by atoms with Crippen molar-refractivity contribution in [2.45, 2.75) is 50.7 Å². The van der Waals surface area contributed by atoms with Crippen molar-refractivity contribution < 1.29 is 28.5 Å². The molecule has 0 spiro atoms. The van der Waals surface area contributed by atoms with E-state index in [1.165, 1.54) is 25.3 Å². The van der Waals surface area contributed by atoms with Gasteiger partial charge >= 0.3 is 5.97 Å². The van der Waals surface area contributed by atoms with Gasteiger partial charge in [0.25, 0.3) is 0 Å². The summed E-state index contributed by atoms with van der Waals surface area (Å²) in [6, 6.07) is 14.7. The molecule has 2 aromatic heterocycles. The summed E-state index contributed by atoms with van der Waals surface area (Å²) in [5, 5.41) is 29.8. The lowest BCUT2D eigenvalue weighted by molar-refractivity contribution is -0.136. The molecule has 50 heavy (non-hydrogen) atoms. The van der Waals surface area contributed by atoms with Gasteiger partial charge in [0.15, 0.2) is 22.7 Å². The van der Waals surface area contributed by atoms with Crippen molar-refractivity contribution in [3.8, 4) is 11.6 Å². The van der Waals surface area contributed by atoms with Gasteiger partial charge in [0.05, 0.1) is 35.6 Å². The molecule has 3 aromatic carbocycles. The summed E-state index contributed by atoms with van der Waals surface area (Å²) in [6.45, 7) is 1.97. The fourth-order valence-electron chi connectivity index (χ4n) is 7.10. The highest BCUT2D eigenvalue weighted by Gasteiger charge is 2.33. The number of carboxylic acid groups (broad SMARTS) is 1. The Morgan fingerprint density at radius 3 is 2.56 bits per heavy atom. The van der Waals surface area contributed by atoms with Crippen LogP contribution in [0.5, 0.6) is 11.6 Å². The van der Waals surface area contributed by atoms with Crippen molar-refractivity contribution in [1.29, 1.82) is 0 Å². The standard InChI is InChI=1S/C37H38F2N6O5/c1-42(15-16-44-30-13-10-23(38)18-27(30)32(37(44)49)41-40-24-7-4-3-5-8-24)26-9-6-14-43(21-26)34-29(39)19-28-33(36(34)50-2)45(25-11-12-25)20-22(35(28)48)17-31(46)47/h3-5,7-8,10,13,18-20,25-26,49H,6,9,11-12,14-17,21H2,1-2H3,(H,46,47). The molecule has 1 atom stereocenters. The summed E-state index contributed by atoms with van der Waals surface area (Å²) in [5.74, 6) is -2.02. The summed E-state index contributed by atoms with van der Waals surface area (Å²) >= 11 is 0. The third-order valence-corrected chi connectivity index (χ3v) is 9.76. The summed E-state index contributed by atoms with van der Waals surface area (Å²) in [4.78, 5) is 29.0. The first-order valence-corrected chi connectivity index (χ1v) is 16.7. The number of rotatable bonds is 11. The number of carboxylic acids is 1. The van der Waals surface area contributed by atoms with Gasteiger partial charge in [-0.1, -0.05) is 18.2 Å². The monoisotopic (exact) mass is 684 g/mol. The molecule has 1 unspecified atom stereocenters. The number of fused-ring (bicyclic) bond motifs is 2. The maximum atomic E-state index is 16.1. The highest BCUT2D eigenvalue weighted by Crippen LogP contribution is 2.44. The third-order valence-electron chi connectivity index (χ3n) is 9.76. The molecule has 5 aromatic rings. The molecule has 3 heterocycles. The first-order valence-electron chi connectivity index (χ1n) is 16.7. The summed E-state index contributed by atoms with van der Waals surface area (Å²) in [5.41, 5.74) is 1.78. The van der Waals surface area contributed by atoms with Crippen LogP contribution in [0.1, 0.15) is 37.3 Å². The zero-order valence-corrected chi connectivity index (χ0v) is 27.9. The fourth-order valence-corrected chi connectivity index (χ4v) is 7.10. The summed E-state index contributed by atoms with van der Waals surface area (Å²) < 4.78 is 39.9. The number of ether oxygens (including phenoxy) is 1. The Kier molecular flexibility index (Phi) is 9.00. The second-order valence-corrected chi connectivity index (χ2v) is 13.1. The molecular weight excluding hydrogens is 646 g/mol. The number of nitrogens with zero attached hydrogens (tertiary/aromatic N) is 6. The topological polar surface area (TPSA) is 125 Å². The van der Waals surface area contributed by atoms with Crippen LogP contribution in [0.2, 0.25) is 0 Å². The highest BCUT2D eigenvalue weighted by atomic mass is 19.1. The number of aromatic hydroxyl groups is 1. The molecule has 13 heteroatoms. The lowest BCUT2D eigenvalue weighted by Crippen LogP contribution is -2.47. The predicted octanol–water partition coefficient (Wildman–Crippen LogP) is 6.93. The van der Waals surface area contributed by atoms with E-state index in [1.54, 1.807) is 29.0 Å². The molecule has 11 nitrogen and oxygen atoms in total. The first-order chi connectivity index (χ1) is 24.1. The molecule has 0 bridgehead atoms. The number of azo groups is 1. The molecule has 0 radical (unpaired) electrons. The molecular formula is C37H38F2N6O5. The zero-order valence-electron chi connectivity index (χ0n) is 27.9. The van der Waals surface area contributed by atoms with Crippen LogP contribution in [0.25, 0.3) is 21.8 Å². The van der Waals surface area contributed by atoms with Gasteiger partial charge in [0.1, 0.15) is 11.5 Å². The number of anilines is 1. The second kappa shape index (κ2) is 13.5. The number of pyridine rings is 1. The van der Waals surface area contributed by atoms with Crippen LogP contribution in [0.3, 0.4) is 0 Å². The van der Waals surface area contributed by atoms with Gasteiger partial charge in [-0.25, -0.2) is 8.78 Å². The minimum atomic E-state index is -1.13. The molecule has 260 valence electrons. The Bertz CT molecular complexity index is 2180. The van der Waals surface area contributed by atoms with Crippen molar-refractivity contribution in [3.63, 3.8) is 0 Å². The number of piperidine rings is 1. The van der Waals surface area contributed by atoms with E-state index in [2.05, 4.69) is 15.1 Å². The molecule has 2 N–H and O–H groups in total. The van der Waals surface area contributed by atoms with Gasteiger partial charge in [0.2, 0.25) is 5.88 Å². The first kappa shape index (κ1) is 33.2. The van der Waals surface area contributed by atoms with Crippen molar-refractivity contribution >= 4 is 44.8 Å². The molecule has 7 rings (SSSR count). The van der Waals surface area contributed by atoms with Gasteiger partial charge < -0.3 is 29.0 Å². The van der Waals surface area contributed by atoms with E-state index in [1.807, 2.05) is 34.7 Å². The maximum absolute atomic E-state index is 16.1. The lowest BCUT2D eigenvalue weighted by atomic mass is 10.0. The van der Waals surface area contributed by atoms with E-state index in [9.17, 15) is 24.2 Å². The predicted molar refractivity (Wildman–Crippen MR) is 186 cm³/mol. The van der Waals surface area contributed by atoms with Crippen LogP contribution < -0.4 is 15.1 Å². The van der Waals surface area contributed by atoms with Crippen LogP contribution in [-0.4, -0.2) is 70.1 Å². The SMILES string of the molecule is COc1c(N2CCCC(N(C)CCn3c(O)c(N=Nc4ccccc4)c4cc(F)ccc43)C2)c(F)cc2c(=O)c(CC(=O)O)cn(C3CC3)c12.